The Kier molecular flexibility index (Phi) is 33.0. The Labute approximate surface area is 370 Å². The zero-order valence-electron chi connectivity index (χ0n) is 37.0. The molecule has 0 bridgehead atoms. The zero-order valence-corrected chi connectivity index (χ0v) is 37.9. The van der Waals surface area contributed by atoms with Gasteiger partial charge < -0.3 is 30.3 Å². The molecule has 13 nitrogen and oxygen atoms in total. The molecule has 0 amide bonds. The van der Waals surface area contributed by atoms with Crippen molar-refractivity contribution in [3.8, 4) is 0 Å². The van der Waals surface area contributed by atoms with Crippen LogP contribution in [-0.2, 0) is 42.3 Å². The predicted octanol–water partition coefficient (Wildman–Crippen LogP) is 9.67. The van der Waals surface area contributed by atoms with Crippen LogP contribution in [0.2, 0.25) is 0 Å². The van der Waals surface area contributed by atoms with Gasteiger partial charge in [-0.05, 0) is 82.6 Å². The van der Waals surface area contributed by atoms with Crippen molar-refractivity contribution in [2.45, 2.75) is 148 Å². The van der Waals surface area contributed by atoms with Crippen LogP contribution >= 0.6 is 7.82 Å². The van der Waals surface area contributed by atoms with Crippen molar-refractivity contribution in [2.24, 2.45) is 17.6 Å². The monoisotopic (exact) mass is 887 g/mol. The molecule has 0 aromatic heterocycles. The molecule has 348 valence electrons. The summed E-state index contributed by atoms with van der Waals surface area (Å²) in [7, 11) is -4.80. The molecule has 1 aliphatic rings. The number of aliphatic hydroxyl groups is 1. The number of phosphoric ester groups is 1. The lowest BCUT2D eigenvalue weighted by atomic mass is 9.90. The van der Waals surface area contributed by atoms with E-state index in [0.717, 1.165) is 44.9 Å². The van der Waals surface area contributed by atoms with E-state index in [4.69, 9.17) is 24.8 Å². The number of allylic oxidation sites excluding steroid dienone is 15. The number of unbranched alkanes of at least 4 members (excludes halogenated alkanes) is 6. The van der Waals surface area contributed by atoms with E-state index in [-0.39, 0.29) is 30.5 Å². The maximum Gasteiger partial charge on any atom is 0.472 e. The van der Waals surface area contributed by atoms with Crippen LogP contribution in [0.15, 0.2) is 97.2 Å². The van der Waals surface area contributed by atoms with Gasteiger partial charge in [-0.25, -0.2) is 4.57 Å². The van der Waals surface area contributed by atoms with Crippen LogP contribution in [-0.4, -0.2) is 76.9 Å². The number of ketones is 1. The minimum atomic E-state index is -4.80. The number of ether oxygens (including phenoxy) is 2. The summed E-state index contributed by atoms with van der Waals surface area (Å²) in [5.41, 5.74) is 5.33. The lowest BCUT2D eigenvalue weighted by Crippen LogP contribution is -2.34. The number of esters is 2. The maximum atomic E-state index is 12.7. The molecular formula is C48H74NO12P. The topological polar surface area (TPSA) is 209 Å². The predicted molar refractivity (Wildman–Crippen MR) is 244 cm³/mol. The zero-order chi connectivity index (χ0) is 45.7. The molecule has 1 unspecified atom stereocenters. The quantitative estimate of drug-likeness (QED) is 0.0198. The standard InChI is InChI=1S/C48H74NO12P/c1-3-5-7-8-9-10-11-12-13-14-15-16-17-18-19-20-21-22-27-31-46(52)58-37-42(38-59-62(56,57)60-39-44(49)48(54)55)61-47(53)32-28-24-23-26-29-40-33-36-45(51)43(40)35-34-41(50)30-25-6-4-2/h9-10,12-13,15-16,18-19,21-23,26,33-36,40-44,50H,3-8,11,14,17,20,24-25,27-32,37-39,49H2,1-2H3,(H,54,55)(H,56,57)/b10-9-,13-12-,16-15-,19-18-,22-21-,26-23-,35-34+/t40-,41-,42+,43+,44-/m0/s1. The highest BCUT2D eigenvalue weighted by molar-refractivity contribution is 7.47. The number of carboxylic acids is 1. The molecule has 1 aliphatic carbocycles. The van der Waals surface area contributed by atoms with E-state index >= 15 is 0 Å². The van der Waals surface area contributed by atoms with Gasteiger partial charge in [-0.2, -0.15) is 0 Å². The summed E-state index contributed by atoms with van der Waals surface area (Å²) in [4.78, 5) is 58.5. The summed E-state index contributed by atoms with van der Waals surface area (Å²) in [6.07, 6.45) is 44.1. The Morgan fingerprint density at radius 2 is 1.31 bits per heavy atom. The van der Waals surface area contributed by atoms with Crippen LogP contribution in [0.4, 0.5) is 0 Å². The molecule has 0 spiro atoms. The lowest BCUT2D eigenvalue weighted by molar-refractivity contribution is -0.161. The molecular weight excluding hydrogens is 813 g/mol. The van der Waals surface area contributed by atoms with Crippen LogP contribution in [0.5, 0.6) is 0 Å². The number of carbonyl (C=O) groups excluding carboxylic acids is 3. The average Bonchev–Trinajstić information content (AvgIpc) is 3.60. The molecule has 0 aromatic rings. The number of aliphatic hydroxyl groups excluding tert-OH is 1. The second-order valence-corrected chi connectivity index (χ2v) is 16.6. The van der Waals surface area contributed by atoms with E-state index in [9.17, 15) is 33.7 Å². The molecule has 0 aromatic carbocycles. The summed E-state index contributed by atoms with van der Waals surface area (Å²) in [5, 5.41) is 19.1. The fourth-order valence-corrected chi connectivity index (χ4v) is 6.70. The van der Waals surface area contributed by atoms with Crippen molar-refractivity contribution < 1.29 is 57.4 Å². The Balaban J connectivity index is 2.52. The molecule has 6 atom stereocenters. The lowest BCUT2D eigenvalue weighted by Gasteiger charge is -2.20. The van der Waals surface area contributed by atoms with Gasteiger partial charge >= 0.3 is 25.7 Å². The number of phosphoric acid groups is 1. The van der Waals surface area contributed by atoms with Gasteiger partial charge in [-0.1, -0.05) is 137 Å². The molecule has 0 saturated heterocycles. The molecule has 0 radical (unpaired) electrons. The summed E-state index contributed by atoms with van der Waals surface area (Å²) in [6.45, 7) is 2.37. The SMILES string of the molecule is CCCCC/C=C\C/C=C\C/C=C\C/C=C\C/C=C\CCC(=O)OC[C@H](COP(=O)(O)OC[C@H](N)C(=O)O)OC(=O)CCC/C=C\C[C@H]1C=CC(=O)[C@@H]1/C=C/[C@@H](O)CCCCC. The average molecular weight is 888 g/mol. The Morgan fingerprint density at radius 3 is 1.94 bits per heavy atom. The van der Waals surface area contributed by atoms with E-state index in [1.807, 2.05) is 36.5 Å². The summed E-state index contributed by atoms with van der Waals surface area (Å²) < 4.78 is 32.6. The van der Waals surface area contributed by atoms with E-state index in [1.54, 1.807) is 18.2 Å². The van der Waals surface area contributed by atoms with E-state index < -0.39 is 63.8 Å². The van der Waals surface area contributed by atoms with E-state index in [1.165, 1.54) is 19.3 Å². The van der Waals surface area contributed by atoms with Gasteiger partial charge in [0.1, 0.15) is 12.6 Å². The fraction of sp³-hybridized carbons (Fsp3) is 0.583. The third-order valence-corrected chi connectivity index (χ3v) is 10.5. The number of hydrogen-bond acceptors (Lipinski definition) is 11. The van der Waals surface area contributed by atoms with Crippen LogP contribution < -0.4 is 5.73 Å². The number of nitrogens with two attached hydrogens (primary N) is 1. The minimum absolute atomic E-state index is 0.00571. The van der Waals surface area contributed by atoms with Gasteiger partial charge in [0, 0.05) is 18.8 Å². The molecule has 0 fully saturated rings. The highest BCUT2D eigenvalue weighted by Gasteiger charge is 2.29. The Bertz CT molecular complexity index is 1560. The molecule has 1 rings (SSSR count). The smallest absolute Gasteiger partial charge is 0.472 e. The molecule has 5 N–H and O–H groups in total. The fourth-order valence-electron chi connectivity index (χ4n) is 5.92. The van der Waals surface area contributed by atoms with Crippen LogP contribution in [0.1, 0.15) is 129 Å². The molecule has 62 heavy (non-hydrogen) atoms. The number of carboxylic acid groups (broad SMARTS) is 1. The normalized spacial score (nSPS) is 18.4. The van der Waals surface area contributed by atoms with E-state index in [2.05, 4.69) is 60.9 Å². The van der Waals surface area contributed by atoms with Crippen LogP contribution in [0.3, 0.4) is 0 Å². The summed E-state index contributed by atoms with van der Waals surface area (Å²) >= 11 is 0. The van der Waals surface area contributed by atoms with Gasteiger partial charge in [0.2, 0.25) is 0 Å². The third-order valence-electron chi connectivity index (χ3n) is 9.57. The molecule has 0 saturated carbocycles. The van der Waals surface area contributed by atoms with Gasteiger partial charge in [0.05, 0.1) is 19.3 Å². The summed E-state index contributed by atoms with van der Waals surface area (Å²) in [5.74, 6) is -3.02. The second kappa shape index (κ2) is 36.5. The van der Waals surface area contributed by atoms with Crippen LogP contribution in [0.25, 0.3) is 0 Å². The highest BCUT2D eigenvalue weighted by Crippen LogP contribution is 2.43. The highest BCUT2D eigenvalue weighted by atomic mass is 31.2. The minimum Gasteiger partial charge on any atom is -0.480 e. The first-order chi connectivity index (χ1) is 29.9. The largest absolute Gasteiger partial charge is 0.480 e. The Morgan fingerprint density at radius 1 is 0.742 bits per heavy atom. The summed E-state index contributed by atoms with van der Waals surface area (Å²) in [6, 6.07) is -1.57. The maximum absolute atomic E-state index is 12.7. The van der Waals surface area contributed by atoms with Crippen molar-refractivity contribution in [3.05, 3.63) is 97.2 Å². The van der Waals surface area contributed by atoms with Crippen molar-refractivity contribution in [1.29, 1.82) is 0 Å². The van der Waals surface area contributed by atoms with Gasteiger partial charge in [-0.15, -0.1) is 0 Å². The molecule has 14 heteroatoms. The first kappa shape index (κ1) is 56.0. The first-order valence-corrected chi connectivity index (χ1v) is 23.8. The second-order valence-electron chi connectivity index (χ2n) is 15.1. The number of aliphatic carboxylic acids is 1. The molecule has 0 heterocycles. The van der Waals surface area contributed by atoms with Crippen molar-refractivity contribution >= 4 is 31.5 Å². The van der Waals surface area contributed by atoms with Crippen molar-refractivity contribution in [2.75, 3.05) is 19.8 Å². The molecule has 0 aliphatic heterocycles. The van der Waals surface area contributed by atoms with Crippen molar-refractivity contribution in [3.63, 3.8) is 0 Å². The van der Waals surface area contributed by atoms with Gasteiger partial charge in [0.25, 0.3) is 0 Å². The first-order valence-electron chi connectivity index (χ1n) is 22.3. The van der Waals surface area contributed by atoms with Crippen LogP contribution in [0, 0.1) is 11.8 Å². The van der Waals surface area contributed by atoms with Gasteiger partial charge in [0.15, 0.2) is 11.9 Å². The van der Waals surface area contributed by atoms with Crippen molar-refractivity contribution in [1.82, 2.24) is 0 Å². The Hall–Kier alpha value is -3.97. The number of carbonyl (C=O) groups is 4. The third kappa shape index (κ3) is 31.0. The van der Waals surface area contributed by atoms with Gasteiger partial charge in [-0.3, -0.25) is 28.2 Å². The number of rotatable bonds is 37. The van der Waals surface area contributed by atoms with E-state index in [0.29, 0.717) is 38.5 Å². The number of hydrogen-bond donors (Lipinski definition) is 4.